The van der Waals surface area contributed by atoms with Crippen molar-refractivity contribution < 1.29 is 32.7 Å². The van der Waals surface area contributed by atoms with Crippen LogP contribution in [0.25, 0.3) is 10.9 Å². The fourth-order valence-electron chi connectivity index (χ4n) is 7.54. The van der Waals surface area contributed by atoms with Gasteiger partial charge in [0.15, 0.2) is 0 Å². The van der Waals surface area contributed by atoms with E-state index >= 15 is 0 Å². The Morgan fingerprint density at radius 3 is 1.96 bits per heavy atom. The molecule has 3 aliphatic heterocycles. The Hall–Kier alpha value is -5.44. The number of aromatic nitrogens is 3. The standard InChI is InChI=1S/C25H29FN6O3.C14H17FN2O2/c1-15-8-9-20(16-5-4-6-17(26)11-16)31(13-15)25(34)24(33)29-19-12-28-23(27)18-14-32(30-22(18)19)21-7-2-3-10-35-21;1-9-5-6-12(10-3-2-4-11(15)7-10)17(8-9)14(19)13(16)18/h4-6,11-12,14-15,20-21H,2-3,7-10,13H2,1H3,(H2,27,28)(H,29,33);2-4,7,9,12H,5-6,8H2,1H3,(H2,16,18)/t15-,20+,21?;9-,12+/m00/s1. The number of primary amides is 1. The summed E-state index contributed by atoms with van der Waals surface area (Å²) in [5, 5.41) is 7.86. The number of hydrogen-bond donors (Lipinski definition) is 3. The van der Waals surface area contributed by atoms with E-state index in [2.05, 4.69) is 15.4 Å². The van der Waals surface area contributed by atoms with E-state index in [4.69, 9.17) is 16.2 Å². The van der Waals surface area contributed by atoms with Crippen LogP contribution in [0.4, 0.5) is 20.3 Å². The number of fused-ring (bicyclic) bond motifs is 1. The zero-order valence-corrected chi connectivity index (χ0v) is 30.4. The molecule has 15 heteroatoms. The summed E-state index contributed by atoms with van der Waals surface area (Å²) in [6, 6.07) is 11.7. The van der Waals surface area contributed by atoms with Crippen molar-refractivity contribution in [2.24, 2.45) is 17.6 Å². The number of nitrogens with two attached hydrogens (primary N) is 2. The minimum absolute atomic E-state index is 0.206. The van der Waals surface area contributed by atoms with Gasteiger partial charge in [-0.3, -0.25) is 19.2 Å². The number of rotatable bonds is 4. The second kappa shape index (κ2) is 16.7. The highest BCUT2D eigenvalue weighted by Gasteiger charge is 2.35. The third-order valence-corrected chi connectivity index (χ3v) is 10.3. The largest absolute Gasteiger partial charge is 0.383 e. The fraction of sp³-hybridized carbons (Fsp3) is 0.436. The lowest BCUT2D eigenvalue weighted by molar-refractivity contribution is -0.147. The van der Waals surface area contributed by atoms with Gasteiger partial charge in [-0.25, -0.2) is 18.4 Å². The predicted octanol–water partition coefficient (Wildman–Crippen LogP) is 5.40. The van der Waals surface area contributed by atoms with E-state index in [1.807, 2.05) is 13.8 Å². The number of halogens is 2. The summed E-state index contributed by atoms with van der Waals surface area (Å²) in [5.74, 6) is -3.02. The summed E-state index contributed by atoms with van der Waals surface area (Å²) in [6.07, 6.45) is 9.02. The molecule has 3 fully saturated rings. The van der Waals surface area contributed by atoms with Crippen LogP contribution in [0.3, 0.4) is 0 Å². The molecular formula is C39H46F2N8O5. The Morgan fingerprint density at radius 2 is 1.43 bits per heavy atom. The number of benzene rings is 2. The van der Waals surface area contributed by atoms with Crippen LogP contribution >= 0.6 is 0 Å². The lowest BCUT2D eigenvalue weighted by atomic mass is 9.89. The van der Waals surface area contributed by atoms with Crippen molar-refractivity contribution in [3.8, 4) is 0 Å². The lowest BCUT2D eigenvalue weighted by Gasteiger charge is -2.38. The van der Waals surface area contributed by atoms with E-state index in [1.54, 1.807) is 35.1 Å². The summed E-state index contributed by atoms with van der Waals surface area (Å²) in [5.41, 5.74) is 13.3. The molecule has 3 aliphatic rings. The third kappa shape index (κ3) is 8.67. The number of nitrogens with one attached hydrogen (secondary N) is 1. The first-order valence-electron chi connectivity index (χ1n) is 18.4. The van der Waals surface area contributed by atoms with Crippen LogP contribution in [0.15, 0.2) is 60.9 Å². The number of nitrogens with zero attached hydrogens (tertiary/aromatic N) is 5. The highest BCUT2D eigenvalue weighted by Crippen LogP contribution is 2.35. The van der Waals surface area contributed by atoms with Gasteiger partial charge >= 0.3 is 23.6 Å². The number of likely N-dealkylation sites (tertiary alicyclic amines) is 2. The highest BCUT2D eigenvalue weighted by atomic mass is 19.1. The van der Waals surface area contributed by atoms with Gasteiger partial charge in [0.2, 0.25) is 0 Å². The average molecular weight is 745 g/mol. The number of pyridine rings is 1. The Kier molecular flexibility index (Phi) is 11.8. The first kappa shape index (κ1) is 38.3. The number of nitrogen functional groups attached to an aromatic ring is 1. The van der Waals surface area contributed by atoms with Gasteiger partial charge in [0.25, 0.3) is 0 Å². The molecule has 13 nitrogen and oxygen atoms in total. The molecule has 1 unspecified atom stereocenters. The molecule has 0 radical (unpaired) electrons. The Labute approximate surface area is 312 Å². The van der Waals surface area contributed by atoms with Crippen LogP contribution in [0.5, 0.6) is 0 Å². The lowest BCUT2D eigenvalue weighted by Crippen LogP contribution is -2.46. The van der Waals surface area contributed by atoms with Gasteiger partial charge in [-0.05, 0) is 92.2 Å². The van der Waals surface area contributed by atoms with Gasteiger partial charge in [0, 0.05) is 25.9 Å². The van der Waals surface area contributed by atoms with Gasteiger partial charge in [0.1, 0.15) is 29.2 Å². The Morgan fingerprint density at radius 1 is 0.833 bits per heavy atom. The number of amides is 4. The van der Waals surface area contributed by atoms with Crippen LogP contribution in [0, 0.1) is 23.5 Å². The van der Waals surface area contributed by atoms with Gasteiger partial charge in [-0.2, -0.15) is 5.10 Å². The maximum atomic E-state index is 13.9. The molecular weight excluding hydrogens is 698 g/mol. The van der Waals surface area contributed by atoms with Gasteiger partial charge < -0.3 is 31.3 Å². The van der Waals surface area contributed by atoms with Crippen LogP contribution in [-0.4, -0.2) is 67.9 Å². The molecule has 0 saturated carbocycles. The highest BCUT2D eigenvalue weighted by molar-refractivity contribution is 6.40. The molecule has 7 rings (SSSR count). The van der Waals surface area contributed by atoms with Crippen molar-refractivity contribution in [1.82, 2.24) is 24.6 Å². The van der Waals surface area contributed by atoms with Crippen LogP contribution < -0.4 is 16.8 Å². The quantitative estimate of drug-likeness (QED) is 0.233. The SMILES string of the molecule is C[C@H]1CC[C@H](c2cccc(F)c2)N(C(=O)C(=O)Nc2cnc(N)c3cn(C4CCCCO4)nc23)C1.C[C@H]1CC[C@H](c2cccc(F)c2)N(C(=O)C(N)=O)C1. The minimum atomic E-state index is -0.962. The van der Waals surface area contributed by atoms with Crippen molar-refractivity contribution in [2.45, 2.75) is 77.1 Å². The van der Waals surface area contributed by atoms with E-state index in [0.29, 0.717) is 66.2 Å². The van der Waals surface area contributed by atoms with Crippen molar-refractivity contribution in [2.75, 3.05) is 30.7 Å². The van der Waals surface area contributed by atoms with Crippen molar-refractivity contribution in [3.05, 3.63) is 83.7 Å². The average Bonchev–Trinajstić information content (AvgIpc) is 3.63. The van der Waals surface area contributed by atoms with Crippen LogP contribution in [0.2, 0.25) is 0 Å². The smallest absolute Gasteiger partial charge is 0.314 e. The topological polar surface area (TPSA) is 179 Å². The zero-order valence-electron chi connectivity index (χ0n) is 30.4. The van der Waals surface area contributed by atoms with E-state index in [9.17, 15) is 28.0 Å². The molecule has 2 aromatic heterocycles. The van der Waals surface area contributed by atoms with E-state index in [1.165, 1.54) is 40.3 Å². The summed E-state index contributed by atoms with van der Waals surface area (Å²) in [4.78, 5) is 56.6. The molecule has 3 saturated heterocycles. The predicted molar refractivity (Wildman–Crippen MR) is 197 cm³/mol. The minimum Gasteiger partial charge on any atom is -0.383 e. The number of ether oxygens (including phenoxy) is 1. The number of carbonyl (C=O) groups excluding carboxylic acids is 4. The third-order valence-electron chi connectivity index (χ3n) is 10.3. The zero-order chi connectivity index (χ0) is 38.5. The Bertz CT molecular complexity index is 2020. The molecule has 4 amide bonds. The number of carbonyl (C=O) groups is 4. The normalized spacial score (nSPS) is 22.9. The maximum absolute atomic E-state index is 13.9. The Balaban J connectivity index is 0.000000221. The molecule has 5 heterocycles. The maximum Gasteiger partial charge on any atom is 0.314 e. The number of piperidine rings is 2. The van der Waals surface area contributed by atoms with Crippen molar-refractivity contribution in [1.29, 1.82) is 0 Å². The van der Waals surface area contributed by atoms with E-state index < -0.39 is 23.6 Å². The molecule has 5 N–H and O–H groups in total. The molecule has 0 bridgehead atoms. The van der Waals surface area contributed by atoms with Gasteiger partial charge in [0.05, 0.1) is 29.4 Å². The summed E-state index contributed by atoms with van der Waals surface area (Å²) in [6.45, 7) is 5.60. The second-order valence-corrected chi connectivity index (χ2v) is 14.5. The number of hydrogen-bond acceptors (Lipinski definition) is 8. The first-order chi connectivity index (χ1) is 25.9. The fourth-order valence-corrected chi connectivity index (χ4v) is 7.54. The van der Waals surface area contributed by atoms with Crippen LogP contribution in [0.1, 0.15) is 88.2 Å². The van der Waals surface area contributed by atoms with Crippen LogP contribution in [-0.2, 0) is 23.9 Å². The molecule has 5 atom stereocenters. The van der Waals surface area contributed by atoms with E-state index in [-0.39, 0.29) is 41.7 Å². The van der Waals surface area contributed by atoms with Crippen molar-refractivity contribution >= 4 is 46.0 Å². The first-order valence-corrected chi connectivity index (χ1v) is 18.4. The molecule has 54 heavy (non-hydrogen) atoms. The molecule has 0 aliphatic carbocycles. The van der Waals surface area contributed by atoms with Gasteiger partial charge in [-0.15, -0.1) is 0 Å². The van der Waals surface area contributed by atoms with E-state index in [0.717, 1.165) is 32.1 Å². The summed E-state index contributed by atoms with van der Waals surface area (Å²) in [7, 11) is 0. The molecule has 0 spiro atoms. The second-order valence-electron chi connectivity index (χ2n) is 14.5. The number of anilines is 2. The molecule has 2 aromatic carbocycles. The van der Waals surface area contributed by atoms with Gasteiger partial charge in [-0.1, -0.05) is 38.1 Å². The monoisotopic (exact) mass is 744 g/mol. The molecule has 286 valence electrons. The summed E-state index contributed by atoms with van der Waals surface area (Å²) < 4.78 is 34.7. The summed E-state index contributed by atoms with van der Waals surface area (Å²) >= 11 is 0. The molecule has 4 aromatic rings. The van der Waals surface area contributed by atoms with Crippen molar-refractivity contribution in [3.63, 3.8) is 0 Å².